The van der Waals surface area contributed by atoms with Crippen molar-refractivity contribution >= 4 is 22.3 Å². The van der Waals surface area contributed by atoms with Crippen LogP contribution in [0.5, 0.6) is 0 Å². The standard InChI is InChI=1S/C17H24N4/c1-20-10-7-13(8-11-20)12-21(2)16-6-5-15(18)17-14(16)4-3-9-19-17/h3-6,9,13H,7-8,10-12,18H2,1-2H3. The summed E-state index contributed by atoms with van der Waals surface area (Å²) < 4.78 is 0. The van der Waals surface area contributed by atoms with Crippen LogP contribution in [0.15, 0.2) is 30.5 Å². The average Bonchev–Trinajstić information content (AvgIpc) is 2.50. The molecule has 1 aromatic carbocycles. The van der Waals surface area contributed by atoms with Gasteiger partial charge < -0.3 is 15.5 Å². The minimum Gasteiger partial charge on any atom is -0.397 e. The summed E-state index contributed by atoms with van der Waals surface area (Å²) in [5.74, 6) is 0.774. The Morgan fingerprint density at radius 3 is 2.81 bits per heavy atom. The zero-order valence-electron chi connectivity index (χ0n) is 12.9. The lowest BCUT2D eigenvalue weighted by molar-refractivity contribution is 0.222. The summed E-state index contributed by atoms with van der Waals surface area (Å²) in [4.78, 5) is 9.20. The van der Waals surface area contributed by atoms with E-state index in [1.165, 1.54) is 31.6 Å². The molecule has 0 unspecified atom stereocenters. The fraction of sp³-hybridized carbons (Fsp3) is 0.471. The quantitative estimate of drug-likeness (QED) is 0.880. The number of piperidine rings is 1. The number of hydrogen-bond acceptors (Lipinski definition) is 4. The fourth-order valence-corrected chi connectivity index (χ4v) is 3.24. The van der Waals surface area contributed by atoms with Crippen molar-refractivity contribution in [3.63, 3.8) is 0 Å². The number of nitrogen functional groups attached to an aromatic ring is 1. The Labute approximate surface area is 126 Å². The number of nitrogens with zero attached hydrogens (tertiary/aromatic N) is 3. The highest BCUT2D eigenvalue weighted by Crippen LogP contribution is 2.30. The molecule has 2 aromatic rings. The van der Waals surface area contributed by atoms with E-state index in [1.807, 2.05) is 12.1 Å². The molecule has 0 spiro atoms. The summed E-state index contributed by atoms with van der Waals surface area (Å²) >= 11 is 0. The maximum atomic E-state index is 6.04. The molecule has 1 aromatic heterocycles. The number of nitrogens with two attached hydrogens (primary N) is 1. The van der Waals surface area contributed by atoms with Gasteiger partial charge >= 0.3 is 0 Å². The van der Waals surface area contributed by atoms with Gasteiger partial charge in [-0.2, -0.15) is 0 Å². The van der Waals surface area contributed by atoms with Gasteiger partial charge in [0.2, 0.25) is 0 Å². The number of fused-ring (bicyclic) bond motifs is 1. The van der Waals surface area contributed by atoms with Gasteiger partial charge in [0.15, 0.2) is 0 Å². The van der Waals surface area contributed by atoms with Crippen LogP contribution in [0.25, 0.3) is 10.9 Å². The monoisotopic (exact) mass is 284 g/mol. The van der Waals surface area contributed by atoms with Gasteiger partial charge in [-0.15, -0.1) is 0 Å². The van der Waals surface area contributed by atoms with Crippen LogP contribution in [-0.2, 0) is 0 Å². The van der Waals surface area contributed by atoms with Crippen molar-refractivity contribution in [1.29, 1.82) is 0 Å². The van der Waals surface area contributed by atoms with E-state index >= 15 is 0 Å². The molecular formula is C17H24N4. The average molecular weight is 284 g/mol. The first kappa shape index (κ1) is 14.1. The molecule has 4 heteroatoms. The van der Waals surface area contributed by atoms with Gasteiger partial charge in [-0.05, 0) is 63.2 Å². The second-order valence-corrected chi connectivity index (χ2v) is 6.20. The molecule has 1 aliphatic rings. The molecule has 1 aliphatic heterocycles. The van der Waals surface area contributed by atoms with E-state index in [4.69, 9.17) is 5.73 Å². The van der Waals surface area contributed by atoms with E-state index in [-0.39, 0.29) is 0 Å². The predicted molar refractivity (Wildman–Crippen MR) is 89.6 cm³/mol. The van der Waals surface area contributed by atoms with Crippen LogP contribution in [0.3, 0.4) is 0 Å². The maximum Gasteiger partial charge on any atom is 0.0951 e. The van der Waals surface area contributed by atoms with Gasteiger partial charge in [-0.3, -0.25) is 4.98 Å². The first-order chi connectivity index (χ1) is 10.1. The topological polar surface area (TPSA) is 45.4 Å². The fourth-order valence-electron chi connectivity index (χ4n) is 3.24. The molecular weight excluding hydrogens is 260 g/mol. The highest BCUT2D eigenvalue weighted by molar-refractivity contribution is 5.98. The summed E-state index contributed by atoms with van der Waals surface area (Å²) in [6.07, 6.45) is 4.37. The lowest BCUT2D eigenvalue weighted by Gasteiger charge is -2.32. The molecule has 0 aliphatic carbocycles. The van der Waals surface area contributed by atoms with Crippen LogP contribution in [0.4, 0.5) is 11.4 Å². The third-order valence-electron chi connectivity index (χ3n) is 4.56. The van der Waals surface area contributed by atoms with Gasteiger partial charge in [0.25, 0.3) is 0 Å². The van der Waals surface area contributed by atoms with Gasteiger partial charge in [0.05, 0.1) is 11.2 Å². The largest absolute Gasteiger partial charge is 0.397 e. The van der Waals surface area contributed by atoms with Gasteiger partial charge in [-0.25, -0.2) is 0 Å². The van der Waals surface area contributed by atoms with E-state index in [0.29, 0.717) is 0 Å². The Bertz CT molecular complexity index is 617. The molecule has 0 saturated carbocycles. The van der Waals surface area contributed by atoms with Crippen LogP contribution in [0.2, 0.25) is 0 Å². The van der Waals surface area contributed by atoms with Crippen LogP contribution in [0, 0.1) is 5.92 Å². The van der Waals surface area contributed by atoms with Crippen molar-refractivity contribution in [3.05, 3.63) is 30.5 Å². The zero-order chi connectivity index (χ0) is 14.8. The lowest BCUT2D eigenvalue weighted by atomic mass is 9.96. The highest BCUT2D eigenvalue weighted by atomic mass is 15.1. The van der Waals surface area contributed by atoms with Crippen molar-refractivity contribution in [2.75, 3.05) is 44.4 Å². The van der Waals surface area contributed by atoms with E-state index in [0.717, 1.165) is 29.1 Å². The number of rotatable bonds is 3. The van der Waals surface area contributed by atoms with Crippen molar-refractivity contribution in [2.45, 2.75) is 12.8 Å². The molecule has 1 saturated heterocycles. The molecule has 4 nitrogen and oxygen atoms in total. The Morgan fingerprint density at radius 2 is 2.05 bits per heavy atom. The van der Waals surface area contributed by atoms with Crippen molar-refractivity contribution in [2.24, 2.45) is 5.92 Å². The SMILES string of the molecule is CN1CCC(CN(C)c2ccc(N)c3ncccc23)CC1. The summed E-state index contributed by atoms with van der Waals surface area (Å²) in [5.41, 5.74) is 8.93. The van der Waals surface area contributed by atoms with Gasteiger partial charge in [0, 0.05) is 30.9 Å². The molecule has 0 bridgehead atoms. The molecule has 112 valence electrons. The highest BCUT2D eigenvalue weighted by Gasteiger charge is 2.19. The van der Waals surface area contributed by atoms with Crippen LogP contribution in [-0.4, -0.2) is 43.6 Å². The summed E-state index contributed by atoms with van der Waals surface area (Å²) in [6.45, 7) is 3.52. The van der Waals surface area contributed by atoms with Crippen LogP contribution < -0.4 is 10.6 Å². The third kappa shape index (κ3) is 2.95. The molecule has 2 N–H and O–H groups in total. The van der Waals surface area contributed by atoms with E-state index in [1.54, 1.807) is 6.20 Å². The van der Waals surface area contributed by atoms with Crippen molar-refractivity contribution in [3.8, 4) is 0 Å². The number of likely N-dealkylation sites (tertiary alicyclic amines) is 1. The molecule has 0 radical (unpaired) electrons. The Morgan fingerprint density at radius 1 is 1.29 bits per heavy atom. The van der Waals surface area contributed by atoms with Crippen LogP contribution in [0.1, 0.15) is 12.8 Å². The zero-order valence-corrected chi connectivity index (χ0v) is 12.9. The number of aromatic nitrogens is 1. The number of pyridine rings is 1. The van der Waals surface area contributed by atoms with E-state index in [2.05, 4.69) is 41.0 Å². The third-order valence-corrected chi connectivity index (χ3v) is 4.56. The number of benzene rings is 1. The molecule has 21 heavy (non-hydrogen) atoms. The predicted octanol–water partition coefficient (Wildman–Crippen LogP) is 2.60. The van der Waals surface area contributed by atoms with Gasteiger partial charge in [-0.1, -0.05) is 0 Å². The van der Waals surface area contributed by atoms with Gasteiger partial charge in [0.1, 0.15) is 0 Å². The second-order valence-electron chi connectivity index (χ2n) is 6.20. The summed E-state index contributed by atoms with van der Waals surface area (Å²) in [5, 5.41) is 1.15. The normalized spacial score (nSPS) is 17.2. The van der Waals surface area contributed by atoms with E-state index in [9.17, 15) is 0 Å². The number of hydrogen-bond donors (Lipinski definition) is 1. The number of anilines is 2. The molecule has 2 heterocycles. The lowest BCUT2D eigenvalue weighted by Crippen LogP contribution is -2.35. The first-order valence-electron chi connectivity index (χ1n) is 7.68. The molecule has 3 rings (SSSR count). The first-order valence-corrected chi connectivity index (χ1v) is 7.68. The van der Waals surface area contributed by atoms with Crippen LogP contribution >= 0.6 is 0 Å². The Balaban J connectivity index is 1.81. The van der Waals surface area contributed by atoms with Crippen molar-refractivity contribution < 1.29 is 0 Å². The molecule has 0 atom stereocenters. The Kier molecular flexibility index (Phi) is 3.97. The maximum absolute atomic E-state index is 6.04. The second kappa shape index (κ2) is 5.90. The molecule has 0 amide bonds. The Hall–Kier alpha value is -1.81. The molecule has 1 fully saturated rings. The smallest absolute Gasteiger partial charge is 0.0951 e. The minimum atomic E-state index is 0.752. The minimum absolute atomic E-state index is 0.752. The van der Waals surface area contributed by atoms with E-state index < -0.39 is 0 Å². The summed E-state index contributed by atoms with van der Waals surface area (Å²) in [6, 6.07) is 8.18. The summed E-state index contributed by atoms with van der Waals surface area (Å²) in [7, 11) is 4.38. The van der Waals surface area contributed by atoms with Crippen molar-refractivity contribution in [1.82, 2.24) is 9.88 Å².